The van der Waals surface area contributed by atoms with Crippen molar-refractivity contribution in [1.82, 2.24) is 19.4 Å². The van der Waals surface area contributed by atoms with E-state index in [9.17, 15) is 26.4 Å². The molecule has 3 aliphatic rings. The molecule has 2 aliphatic heterocycles. The number of halogens is 4. The molecule has 0 spiro atoms. The van der Waals surface area contributed by atoms with Crippen LogP contribution in [0.4, 0.5) is 24.5 Å². The summed E-state index contributed by atoms with van der Waals surface area (Å²) in [6, 6.07) is 28.6. The molecule has 64 heavy (non-hydrogen) atoms. The Morgan fingerprint density at radius 3 is 2.12 bits per heavy atom. The maximum atomic E-state index is 13.7. The van der Waals surface area contributed by atoms with E-state index >= 15 is 0 Å². The van der Waals surface area contributed by atoms with Crippen molar-refractivity contribution in [3.63, 3.8) is 0 Å². The van der Waals surface area contributed by atoms with E-state index in [2.05, 4.69) is 69.6 Å². The number of nitrogens with zero attached hydrogens (tertiary/aromatic N) is 4. The molecule has 0 saturated carbocycles. The van der Waals surface area contributed by atoms with E-state index < -0.39 is 26.1 Å². The standard InChI is InChI=1S/C41H44ClF3N4O3S3.C7H16N2/c1-40(2)19-18-36(29-8-12-32(42)13-9-29)31(27-40)28-48-21-23-49(24-22-48)33-14-10-30(11-15-33)39(50)47-54-35-16-17-37(38(26-35)55(51,52)41(43,44)45)46-20-25-53-34-6-4-3-5-7-34;1-3-9-6-4-8(2)5-7-9/h3-17,26,46H,18-25,27-28H2,1-2H3,(H,47,50);3-7H2,1-2H3. The van der Waals surface area contributed by atoms with E-state index in [0.717, 1.165) is 85.6 Å². The van der Waals surface area contributed by atoms with Gasteiger partial charge in [-0.15, -0.1) is 11.8 Å². The highest BCUT2D eigenvalue weighted by Crippen LogP contribution is 2.43. The number of thioether (sulfide) groups is 1. The molecule has 0 aromatic heterocycles. The maximum absolute atomic E-state index is 13.7. The van der Waals surface area contributed by atoms with Crippen LogP contribution in [0, 0.1) is 5.41 Å². The lowest BCUT2D eigenvalue weighted by molar-refractivity contribution is -0.0435. The zero-order chi connectivity index (χ0) is 45.9. The molecular weight excluding hydrogens is 897 g/mol. The smallest absolute Gasteiger partial charge is 0.383 e. The number of allylic oxidation sites excluding steroid dienone is 1. The predicted molar refractivity (Wildman–Crippen MR) is 259 cm³/mol. The van der Waals surface area contributed by atoms with E-state index in [1.54, 1.807) is 12.1 Å². The van der Waals surface area contributed by atoms with Gasteiger partial charge in [0.25, 0.3) is 15.7 Å². The van der Waals surface area contributed by atoms with Crippen LogP contribution >= 0.6 is 35.3 Å². The first-order valence-corrected chi connectivity index (χ1v) is 25.5. The van der Waals surface area contributed by atoms with Crippen LogP contribution in [0.2, 0.25) is 5.02 Å². The first kappa shape index (κ1) is 49.7. The Balaban J connectivity index is 0.000000673. The molecule has 7 rings (SSSR count). The average Bonchev–Trinajstić information content (AvgIpc) is 3.28. The summed E-state index contributed by atoms with van der Waals surface area (Å²) in [4.78, 5) is 23.0. The van der Waals surface area contributed by atoms with Crippen LogP contribution in [0.15, 0.2) is 117 Å². The fourth-order valence-corrected chi connectivity index (χ4v) is 10.7. The number of benzene rings is 4. The molecule has 4 aromatic rings. The molecule has 2 saturated heterocycles. The largest absolute Gasteiger partial charge is 0.501 e. The number of carbonyl (C=O) groups is 1. The molecule has 2 fully saturated rings. The third-order valence-electron chi connectivity index (χ3n) is 11.9. The average molecular weight is 958 g/mol. The van der Waals surface area contributed by atoms with Gasteiger partial charge >= 0.3 is 5.51 Å². The van der Waals surface area contributed by atoms with Gasteiger partial charge in [0.05, 0.1) is 5.69 Å². The topological polar surface area (TPSA) is 88.2 Å². The second-order valence-corrected chi connectivity index (χ2v) is 21.6. The molecule has 2 heterocycles. The zero-order valence-electron chi connectivity index (χ0n) is 37.1. The van der Waals surface area contributed by atoms with Crippen molar-refractivity contribution in [3.05, 3.63) is 119 Å². The minimum Gasteiger partial charge on any atom is -0.383 e. The molecule has 0 bridgehead atoms. The van der Waals surface area contributed by atoms with Gasteiger partial charge in [0.15, 0.2) is 0 Å². The van der Waals surface area contributed by atoms with Crippen molar-refractivity contribution in [2.75, 3.05) is 95.0 Å². The molecule has 0 unspecified atom stereocenters. The van der Waals surface area contributed by atoms with Crippen molar-refractivity contribution < 1.29 is 26.4 Å². The molecule has 9 nitrogen and oxygen atoms in total. The number of carbonyl (C=O) groups excluding carboxylic acids is 1. The van der Waals surface area contributed by atoms with Crippen LogP contribution < -0.4 is 14.9 Å². The van der Waals surface area contributed by atoms with E-state index in [0.29, 0.717) is 11.3 Å². The van der Waals surface area contributed by atoms with Gasteiger partial charge in [-0.25, -0.2) is 8.42 Å². The zero-order valence-corrected chi connectivity index (χ0v) is 40.3. The number of alkyl halides is 3. The number of sulfone groups is 1. The number of likely N-dealkylation sites (N-methyl/N-ethyl adjacent to an activating group) is 2. The third-order valence-corrected chi connectivity index (χ3v) is 15.5. The molecule has 4 aromatic carbocycles. The summed E-state index contributed by atoms with van der Waals surface area (Å²) in [6.07, 6.45) is 3.28. The SMILES string of the molecule is CC1(C)CCC(c2ccc(Cl)cc2)=C(CN2CCN(c3ccc(C(=O)NSc4ccc(NCCSc5ccccc5)c(S(=O)(=O)C(F)(F)F)c4)cc3)CC2)C1.CCN1CCN(C)CC1. The quantitative estimate of drug-likeness (QED) is 0.0724. The Labute approximate surface area is 391 Å². The lowest BCUT2D eigenvalue weighted by Gasteiger charge is -2.39. The fraction of sp³-hybridized carbons (Fsp3) is 0.438. The highest BCUT2D eigenvalue weighted by Gasteiger charge is 2.48. The van der Waals surface area contributed by atoms with Gasteiger partial charge in [-0.2, -0.15) is 13.2 Å². The van der Waals surface area contributed by atoms with Crippen molar-refractivity contribution in [3.8, 4) is 0 Å². The number of nitrogens with one attached hydrogen (secondary N) is 2. The second kappa shape index (κ2) is 22.7. The van der Waals surface area contributed by atoms with Crippen molar-refractivity contribution in [1.29, 1.82) is 0 Å². The molecule has 2 N–H and O–H groups in total. The minimum atomic E-state index is -5.67. The Hall–Kier alpha value is -3.70. The molecule has 16 heteroatoms. The number of hydrogen-bond acceptors (Lipinski definition) is 10. The molecule has 346 valence electrons. The summed E-state index contributed by atoms with van der Waals surface area (Å²) < 4.78 is 68.7. The Morgan fingerprint density at radius 2 is 1.48 bits per heavy atom. The summed E-state index contributed by atoms with van der Waals surface area (Å²) in [7, 11) is -3.48. The summed E-state index contributed by atoms with van der Waals surface area (Å²) >= 11 is 8.42. The van der Waals surface area contributed by atoms with E-state index in [4.69, 9.17) is 11.6 Å². The van der Waals surface area contributed by atoms with Crippen LogP contribution in [-0.4, -0.2) is 119 Å². The van der Waals surface area contributed by atoms with E-state index in [-0.39, 0.29) is 22.5 Å². The van der Waals surface area contributed by atoms with E-state index in [1.807, 2.05) is 54.6 Å². The Bertz CT molecular complexity index is 2280. The number of rotatable bonds is 14. The van der Waals surface area contributed by atoms with Gasteiger partial charge in [0.1, 0.15) is 4.90 Å². The Morgan fingerprint density at radius 1 is 0.828 bits per heavy atom. The van der Waals surface area contributed by atoms with Gasteiger partial charge in [0.2, 0.25) is 0 Å². The van der Waals surface area contributed by atoms with Gasteiger partial charge in [-0.3, -0.25) is 14.4 Å². The predicted octanol–water partition coefficient (Wildman–Crippen LogP) is 10.3. The summed E-state index contributed by atoms with van der Waals surface area (Å²) in [5.41, 5.74) is 0.177. The van der Waals surface area contributed by atoms with E-state index in [1.165, 1.54) is 73.3 Å². The fourth-order valence-electron chi connectivity index (χ4n) is 8.08. The van der Waals surface area contributed by atoms with Gasteiger partial charge in [-0.1, -0.05) is 68.3 Å². The molecule has 1 aliphatic carbocycles. The molecule has 1 amide bonds. The summed E-state index contributed by atoms with van der Waals surface area (Å²) in [5.74, 6) is 0.0441. The first-order valence-electron chi connectivity index (χ1n) is 21.8. The number of hydrogen-bond donors (Lipinski definition) is 2. The lowest BCUT2D eigenvalue weighted by atomic mass is 9.73. The lowest BCUT2D eigenvalue weighted by Crippen LogP contribution is -2.47. The summed E-state index contributed by atoms with van der Waals surface area (Å²) in [5, 5.41) is 3.58. The van der Waals surface area contributed by atoms with Crippen LogP contribution in [0.1, 0.15) is 56.0 Å². The van der Waals surface area contributed by atoms with Crippen LogP contribution in [0.25, 0.3) is 5.57 Å². The van der Waals surface area contributed by atoms with Gasteiger partial charge < -0.3 is 20.0 Å². The Kier molecular flexibility index (Phi) is 17.6. The summed E-state index contributed by atoms with van der Waals surface area (Å²) in [6.45, 7) is 17.8. The first-order chi connectivity index (χ1) is 30.5. The number of anilines is 2. The molecular formula is C48H60ClF3N6O3S3. The van der Waals surface area contributed by atoms with Crippen molar-refractivity contribution in [2.45, 2.75) is 60.2 Å². The van der Waals surface area contributed by atoms with Crippen LogP contribution in [-0.2, 0) is 9.84 Å². The third kappa shape index (κ3) is 13.9. The second-order valence-electron chi connectivity index (χ2n) is 17.2. The van der Waals surface area contributed by atoms with Crippen LogP contribution in [0.3, 0.4) is 0 Å². The normalized spacial score (nSPS) is 17.7. The van der Waals surface area contributed by atoms with Crippen LogP contribution in [0.5, 0.6) is 0 Å². The van der Waals surface area contributed by atoms with Gasteiger partial charge in [0, 0.05) is 97.3 Å². The van der Waals surface area contributed by atoms with Gasteiger partial charge in [-0.05, 0) is 128 Å². The highest BCUT2D eigenvalue weighted by molar-refractivity contribution is 7.99. The highest BCUT2D eigenvalue weighted by atomic mass is 35.5. The maximum Gasteiger partial charge on any atom is 0.501 e. The van der Waals surface area contributed by atoms with Crippen molar-refractivity contribution in [2.24, 2.45) is 5.41 Å². The van der Waals surface area contributed by atoms with Crippen molar-refractivity contribution >= 4 is 68.0 Å². The number of piperazine rings is 2. The molecule has 0 radical (unpaired) electrons. The monoisotopic (exact) mass is 956 g/mol. The molecule has 0 atom stereocenters. The number of amides is 1. The minimum absolute atomic E-state index is 0.141.